The summed E-state index contributed by atoms with van der Waals surface area (Å²) >= 11 is 1.73. The van der Waals surface area contributed by atoms with E-state index in [1.54, 1.807) is 11.3 Å². The maximum Gasteiger partial charge on any atom is 0.231 e. The van der Waals surface area contributed by atoms with E-state index in [4.69, 9.17) is 14.2 Å². The van der Waals surface area contributed by atoms with Crippen LogP contribution in [0.15, 0.2) is 35.7 Å². The molecule has 0 radical (unpaired) electrons. The third-order valence-corrected chi connectivity index (χ3v) is 4.89. The molecule has 1 aromatic heterocycles. The average molecular weight is 378 g/mol. The van der Waals surface area contributed by atoms with Crippen molar-refractivity contribution in [3.05, 3.63) is 46.2 Å². The number of thiophene rings is 1. The molecule has 0 aliphatic carbocycles. The summed E-state index contributed by atoms with van der Waals surface area (Å²) in [7, 11) is 0. The van der Waals surface area contributed by atoms with Gasteiger partial charge in [0.1, 0.15) is 0 Å². The zero-order chi connectivity index (χ0) is 18.4. The Balaban J connectivity index is 1.61. The van der Waals surface area contributed by atoms with Gasteiger partial charge in [0.05, 0.1) is 12.7 Å². The minimum atomic E-state index is -0.511. The van der Waals surface area contributed by atoms with Crippen LogP contribution in [-0.2, 0) is 17.8 Å². The minimum absolute atomic E-state index is 0.281. The molecule has 0 spiro atoms. The van der Waals surface area contributed by atoms with Crippen molar-refractivity contribution in [2.24, 2.45) is 5.92 Å². The van der Waals surface area contributed by atoms with E-state index in [0.29, 0.717) is 25.7 Å². The lowest BCUT2D eigenvalue weighted by molar-refractivity contribution is 0.00569. The van der Waals surface area contributed by atoms with E-state index in [2.05, 4.69) is 42.3 Å². The van der Waals surface area contributed by atoms with Gasteiger partial charge in [-0.3, -0.25) is 4.90 Å². The fourth-order valence-corrected chi connectivity index (χ4v) is 3.64. The summed E-state index contributed by atoms with van der Waals surface area (Å²) in [5, 5.41) is 12.5. The molecule has 0 fully saturated rings. The summed E-state index contributed by atoms with van der Waals surface area (Å²) in [5.74, 6) is 2.05. The number of ether oxygens (including phenoxy) is 3. The van der Waals surface area contributed by atoms with Crippen molar-refractivity contribution in [1.29, 1.82) is 0 Å². The Hall–Kier alpha value is -1.60. The van der Waals surface area contributed by atoms with Crippen LogP contribution in [0.3, 0.4) is 0 Å². The van der Waals surface area contributed by atoms with Gasteiger partial charge in [-0.25, -0.2) is 0 Å². The number of fused-ring (bicyclic) bond motifs is 1. The first-order chi connectivity index (χ1) is 12.6. The molecule has 5 nitrogen and oxygen atoms in total. The van der Waals surface area contributed by atoms with Gasteiger partial charge in [-0.05, 0) is 35.1 Å². The minimum Gasteiger partial charge on any atom is -0.454 e. The number of benzene rings is 1. The van der Waals surface area contributed by atoms with Gasteiger partial charge in [0.15, 0.2) is 11.5 Å². The van der Waals surface area contributed by atoms with Gasteiger partial charge in [-0.15, -0.1) is 11.3 Å². The lowest BCUT2D eigenvalue weighted by Gasteiger charge is -2.25. The van der Waals surface area contributed by atoms with Gasteiger partial charge < -0.3 is 19.3 Å². The Morgan fingerprint density at radius 2 is 2.00 bits per heavy atom. The summed E-state index contributed by atoms with van der Waals surface area (Å²) in [6.45, 7) is 7.62. The van der Waals surface area contributed by atoms with Crippen LogP contribution in [0.4, 0.5) is 0 Å². The van der Waals surface area contributed by atoms with E-state index in [1.807, 2.05) is 12.1 Å². The van der Waals surface area contributed by atoms with E-state index in [0.717, 1.165) is 30.2 Å². The molecule has 1 atom stereocenters. The topological polar surface area (TPSA) is 51.2 Å². The fourth-order valence-electron chi connectivity index (χ4n) is 2.90. The van der Waals surface area contributed by atoms with Crippen molar-refractivity contribution < 1.29 is 19.3 Å². The standard InChI is InChI=1S/C20H27NO4S/c1-15(2)12-23-13-17(22)10-21(11-18-4-3-7-26-18)9-16-5-6-19-20(8-16)25-14-24-19/h3-8,15,17,22H,9-14H2,1-2H3. The van der Waals surface area contributed by atoms with Gasteiger partial charge >= 0.3 is 0 Å². The Kier molecular flexibility index (Phi) is 6.91. The summed E-state index contributed by atoms with van der Waals surface area (Å²) in [4.78, 5) is 3.52. The lowest BCUT2D eigenvalue weighted by atomic mass is 10.1. The molecule has 1 aliphatic heterocycles. The number of aliphatic hydroxyl groups excluding tert-OH is 1. The van der Waals surface area contributed by atoms with Crippen molar-refractivity contribution in [3.8, 4) is 11.5 Å². The van der Waals surface area contributed by atoms with Crippen molar-refractivity contribution in [3.63, 3.8) is 0 Å². The normalized spacial score (nSPS) is 14.3. The number of aliphatic hydroxyl groups is 1. The molecule has 2 aromatic rings. The summed E-state index contributed by atoms with van der Waals surface area (Å²) in [5.41, 5.74) is 1.14. The molecule has 0 saturated carbocycles. The predicted octanol–water partition coefficient (Wildman–Crippen LogP) is 3.51. The largest absolute Gasteiger partial charge is 0.454 e. The second kappa shape index (κ2) is 9.37. The first kappa shape index (κ1) is 19.2. The van der Waals surface area contributed by atoms with E-state index in [1.165, 1.54) is 4.88 Å². The number of rotatable bonds is 10. The lowest BCUT2D eigenvalue weighted by Crippen LogP contribution is -2.34. The van der Waals surface area contributed by atoms with Crippen LogP contribution in [0.2, 0.25) is 0 Å². The maximum absolute atomic E-state index is 10.4. The van der Waals surface area contributed by atoms with Gasteiger partial charge in [-0.2, -0.15) is 0 Å². The van der Waals surface area contributed by atoms with E-state index >= 15 is 0 Å². The highest BCUT2D eigenvalue weighted by Crippen LogP contribution is 2.33. The summed E-state index contributed by atoms with van der Waals surface area (Å²) in [6.07, 6.45) is -0.511. The summed E-state index contributed by atoms with van der Waals surface area (Å²) < 4.78 is 16.4. The zero-order valence-electron chi connectivity index (χ0n) is 15.4. The molecule has 3 rings (SSSR count). The van der Waals surface area contributed by atoms with Crippen LogP contribution in [0, 0.1) is 5.92 Å². The smallest absolute Gasteiger partial charge is 0.231 e. The molecule has 0 saturated heterocycles. The molecular weight excluding hydrogens is 350 g/mol. The van der Waals surface area contributed by atoms with Crippen LogP contribution in [0.25, 0.3) is 0 Å². The van der Waals surface area contributed by atoms with E-state index in [-0.39, 0.29) is 6.79 Å². The predicted molar refractivity (Wildman–Crippen MR) is 103 cm³/mol. The zero-order valence-corrected chi connectivity index (χ0v) is 16.2. The fraction of sp³-hybridized carbons (Fsp3) is 0.500. The molecular formula is C20H27NO4S. The van der Waals surface area contributed by atoms with Crippen LogP contribution in [-0.4, -0.2) is 42.7 Å². The Morgan fingerprint density at radius 1 is 1.15 bits per heavy atom. The first-order valence-electron chi connectivity index (χ1n) is 8.99. The number of hydrogen-bond acceptors (Lipinski definition) is 6. The van der Waals surface area contributed by atoms with Gasteiger partial charge in [0, 0.05) is 31.1 Å². The van der Waals surface area contributed by atoms with Crippen molar-refractivity contribution >= 4 is 11.3 Å². The highest BCUT2D eigenvalue weighted by molar-refractivity contribution is 7.09. The highest BCUT2D eigenvalue weighted by atomic mass is 32.1. The van der Waals surface area contributed by atoms with Gasteiger partial charge in [0.25, 0.3) is 0 Å². The molecule has 0 amide bonds. The van der Waals surface area contributed by atoms with Crippen LogP contribution >= 0.6 is 11.3 Å². The van der Waals surface area contributed by atoms with E-state index in [9.17, 15) is 5.11 Å². The number of nitrogens with zero attached hydrogens (tertiary/aromatic N) is 1. The molecule has 1 aliphatic rings. The second-order valence-corrected chi connectivity index (χ2v) is 8.05. The monoisotopic (exact) mass is 377 g/mol. The third-order valence-electron chi connectivity index (χ3n) is 4.03. The van der Waals surface area contributed by atoms with E-state index < -0.39 is 6.10 Å². The summed E-state index contributed by atoms with van der Waals surface area (Å²) in [6, 6.07) is 10.2. The van der Waals surface area contributed by atoms with Gasteiger partial charge in [0.2, 0.25) is 6.79 Å². The molecule has 6 heteroatoms. The van der Waals surface area contributed by atoms with Crippen LogP contribution in [0.1, 0.15) is 24.3 Å². The van der Waals surface area contributed by atoms with Crippen molar-refractivity contribution in [1.82, 2.24) is 4.90 Å². The quantitative estimate of drug-likeness (QED) is 0.687. The highest BCUT2D eigenvalue weighted by Gasteiger charge is 2.17. The van der Waals surface area contributed by atoms with Gasteiger partial charge in [-0.1, -0.05) is 26.0 Å². The SMILES string of the molecule is CC(C)COCC(O)CN(Cc1ccc2c(c1)OCO2)Cc1cccs1. The third kappa shape index (κ3) is 5.71. The molecule has 1 N–H and O–H groups in total. The van der Waals surface area contributed by atoms with Crippen LogP contribution in [0.5, 0.6) is 11.5 Å². The van der Waals surface area contributed by atoms with Crippen molar-refractivity contribution in [2.75, 3.05) is 26.6 Å². The second-order valence-electron chi connectivity index (χ2n) is 7.02. The first-order valence-corrected chi connectivity index (χ1v) is 9.87. The Morgan fingerprint density at radius 3 is 2.77 bits per heavy atom. The molecule has 142 valence electrons. The number of hydrogen-bond donors (Lipinski definition) is 1. The Bertz CT molecular complexity index is 674. The molecule has 26 heavy (non-hydrogen) atoms. The molecule has 0 bridgehead atoms. The molecule has 2 heterocycles. The Labute approximate surface area is 159 Å². The molecule has 1 unspecified atom stereocenters. The van der Waals surface area contributed by atoms with Crippen molar-refractivity contribution in [2.45, 2.75) is 33.0 Å². The van der Waals surface area contributed by atoms with Crippen LogP contribution < -0.4 is 9.47 Å². The molecule has 1 aromatic carbocycles. The maximum atomic E-state index is 10.4. The average Bonchev–Trinajstić information content (AvgIpc) is 3.25.